The van der Waals surface area contributed by atoms with Gasteiger partial charge in [-0.3, -0.25) is 67.1 Å². The summed E-state index contributed by atoms with van der Waals surface area (Å²) in [5.41, 5.74) is -0.204. The van der Waals surface area contributed by atoms with E-state index in [9.17, 15) is 76.7 Å². The van der Waals surface area contributed by atoms with Gasteiger partial charge in [0.15, 0.2) is 98.4 Å². The highest BCUT2D eigenvalue weighted by atomic mass is 16.8. The summed E-state index contributed by atoms with van der Waals surface area (Å²) >= 11 is 0. The van der Waals surface area contributed by atoms with Crippen molar-refractivity contribution in [2.24, 2.45) is 0 Å². The first-order valence-corrected chi connectivity index (χ1v) is 35.8. The van der Waals surface area contributed by atoms with Crippen molar-refractivity contribution in [3.8, 4) is 0 Å². The van der Waals surface area contributed by atoms with Crippen LogP contribution in [0.5, 0.6) is 0 Å². The van der Waals surface area contributed by atoms with Gasteiger partial charge in [0, 0.05) is 111 Å². The number of carbonyl (C=O) groups excluding carboxylic acids is 16. The number of rotatable bonds is 37. The Balaban J connectivity index is 1.49. The molecule has 0 aromatic heterocycles. The minimum atomic E-state index is -2.10. The summed E-state index contributed by atoms with van der Waals surface area (Å²) in [5, 5.41) is 0. The van der Waals surface area contributed by atoms with E-state index in [-0.39, 0.29) is 11.1 Å². The molecule has 4 aliphatic heterocycles. The molecule has 0 unspecified atom stereocenters. The molecule has 0 radical (unpaired) electrons. The van der Waals surface area contributed by atoms with Gasteiger partial charge in [-0.25, -0.2) is 9.59 Å². The molecule has 0 bridgehead atoms. The normalized spacial score (nSPS) is 27.8. The van der Waals surface area contributed by atoms with Gasteiger partial charge in [-0.2, -0.15) is 0 Å². The fraction of sp³-hybridized carbons (Fsp3) is 0.622. The van der Waals surface area contributed by atoms with Crippen LogP contribution < -0.4 is 0 Å². The molecule has 0 amide bonds. The van der Waals surface area contributed by atoms with Crippen molar-refractivity contribution in [3.05, 3.63) is 71.8 Å². The number of carbonyl (C=O) groups is 16. The molecule has 0 N–H and O–H groups in total. The van der Waals surface area contributed by atoms with Crippen molar-refractivity contribution in [1.29, 1.82) is 0 Å². The molecule has 4 fully saturated rings. The Kier molecular flexibility index (Phi) is 36.8. The minimum Gasteiger partial charge on any atom is -0.463 e. The molecule has 4 aliphatic rings. The standard InChI is InChI=1S/C74H94O42/c1-33(75)93-27-51-57(99-37(5)79)61(101-39(7)81)67(107-45(13)87)73(113-51)115-59-53(29-95-35(3)77)111-71(65(105-43(11)85)63(59)103-41(9)83)97-31-49(109-69(89)47-23-19-17-20-24-47)55(91-15)56(92-16)50(110-70(90)48-25-21-18-22-26-48)32-98-72-66(106-44(12)86)64(104-42(10)84)60(54(112-72)30-96-36(4)78)116-74-68(108-46(14)88)62(102-40(8)82)58(100-38(6)80)52(114-74)28-94-34(2)76/h17-26,49-68,71-74H,27-32H2,1-16H3/t49-,50-,51-,52-,53-,54-,55-,56-,57+,58+,59-,60-,61+,62+,63+,64+,65-,66-,67-,68-,71-,72-,73+,74+/m1/s1. The third kappa shape index (κ3) is 28.5. The topological polar surface area (TPSA) is 513 Å². The Labute approximate surface area is 663 Å². The zero-order valence-electron chi connectivity index (χ0n) is 66.0. The van der Waals surface area contributed by atoms with Crippen molar-refractivity contribution in [1.82, 2.24) is 0 Å². The lowest BCUT2D eigenvalue weighted by Gasteiger charge is -2.49. The predicted octanol–water partition coefficient (Wildman–Crippen LogP) is 0.740. The predicted molar refractivity (Wildman–Crippen MR) is 371 cm³/mol. The van der Waals surface area contributed by atoms with E-state index >= 15 is 0 Å². The molecule has 42 heteroatoms. The first kappa shape index (κ1) is 94.4. The zero-order chi connectivity index (χ0) is 85.9. The van der Waals surface area contributed by atoms with Gasteiger partial charge in [0.05, 0.1) is 24.3 Å². The fourth-order valence-electron chi connectivity index (χ4n) is 12.5. The summed E-state index contributed by atoms with van der Waals surface area (Å²) < 4.78 is 154. The molecule has 0 aliphatic carbocycles. The van der Waals surface area contributed by atoms with E-state index in [1.807, 2.05) is 0 Å². The zero-order valence-corrected chi connectivity index (χ0v) is 66.0. The van der Waals surface area contributed by atoms with Crippen LogP contribution in [0, 0.1) is 0 Å². The molecule has 2 aromatic rings. The minimum absolute atomic E-state index is 0.102. The molecule has 2 aromatic carbocycles. The molecule has 642 valence electrons. The lowest BCUT2D eigenvalue weighted by atomic mass is 9.95. The van der Waals surface area contributed by atoms with E-state index < -0.39 is 282 Å². The maximum atomic E-state index is 14.6. The summed E-state index contributed by atoms with van der Waals surface area (Å²) in [4.78, 5) is 210. The molecule has 4 heterocycles. The molecule has 0 spiro atoms. The Hall–Kier alpha value is -10.4. The van der Waals surface area contributed by atoms with E-state index in [0.29, 0.717) is 0 Å². The average molecular weight is 1660 g/mol. The first-order chi connectivity index (χ1) is 54.8. The third-order valence-electron chi connectivity index (χ3n) is 16.8. The van der Waals surface area contributed by atoms with Crippen molar-refractivity contribution in [2.45, 2.75) is 244 Å². The van der Waals surface area contributed by atoms with Crippen LogP contribution in [0.2, 0.25) is 0 Å². The number of hydrogen-bond acceptors (Lipinski definition) is 42. The van der Waals surface area contributed by atoms with Gasteiger partial charge in [0.2, 0.25) is 0 Å². The summed E-state index contributed by atoms with van der Waals surface area (Å²) in [6, 6.07) is 14.5. The summed E-state index contributed by atoms with van der Waals surface area (Å²) in [7, 11) is 2.15. The third-order valence-corrected chi connectivity index (χ3v) is 16.8. The molecule has 0 saturated carbocycles. The molecule has 24 atom stereocenters. The van der Waals surface area contributed by atoms with E-state index in [1.165, 1.54) is 48.5 Å². The average Bonchev–Trinajstić information content (AvgIpc) is 0.768. The van der Waals surface area contributed by atoms with Crippen LogP contribution in [0.3, 0.4) is 0 Å². The van der Waals surface area contributed by atoms with Crippen molar-refractivity contribution in [3.63, 3.8) is 0 Å². The van der Waals surface area contributed by atoms with Gasteiger partial charge in [0.1, 0.15) is 75.3 Å². The molecular formula is C74H94O42. The van der Waals surface area contributed by atoms with Crippen LogP contribution in [-0.2, 0) is 190 Å². The first-order valence-electron chi connectivity index (χ1n) is 35.8. The van der Waals surface area contributed by atoms with Crippen LogP contribution in [0.15, 0.2) is 60.7 Å². The van der Waals surface area contributed by atoms with Crippen LogP contribution in [0.1, 0.15) is 118 Å². The van der Waals surface area contributed by atoms with Crippen LogP contribution in [-0.4, -0.2) is 297 Å². The Morgan fingerprint density at radius 1 is 0.276 bits per heavy atom. The largest absolute Gasteiger partial charge is 0.463 e. The Morgan fingerprint density at radius 2 is 0.491 bits per heavy atom. The molecule has 42 nitrogen and oxygen atoms in total. The van der Waals surface area contributed by atoms with E-state index in [1.54, 1.807) is 12.1 Å². The summed E-state index contributed by atoms with van der Waals surface area (Å²) in [6.45, 7) is 8.10. The maximum absolute atomic E-state index is 14.6. The highest BCUT2D eigenvalue weighted by Gasteiger charge is 2.61. The van der Waals surface area contributed by atoms with E-state index in [4.69, 9.17) is 123 Å². The fourth-order valence-corrected chi connectivity index (χ4v) is 12.5. The van der Waals surface area contributed by atoms with Gasteiger partial charge < -0.3 is 123 Å². The molecule has 4 saturated heterocycles. The quantitative estimate of drug-likeness (QED) is 0.0665. The number of hydrogen-bond donors (Lipinski definition) is 0. The lowest BCUT2D eigenvalue weighted by molar-refractivity contribution is -0.363. The Bertz CT molecular complexity index is 3500. The monoisotopic (exact) mass is 1650 g/mol. The second kappa shape index (κ2) is 45.2. The Morgan fingerprint density at radius 3 is 0.733 bits per heavy atom. The summed E-state index contributed by atoms with van der Waals surface area (Å²) in [5.74, 6) is -16.6. The van der Waals surface area contributed by atoms with Gasteiger partial charge >= 0.3 is 95.5 Å². The molecular weight excluding hydrogens is 1560 g/mol. The number of benzene rings is 2. The van der Waals surface area contributed by atoms with Gasteiger partial charge in [-0.15, -0.1) is 0 Å². The van der Waals surface area contributed by atoms with Crippen molar-refractivity contribution < 1.29 is 200 Å². The van der Waals surface area contributed by atoms with Crippen molar-refractivity contribution in [2.75, 3.05) is 53.9 Å². The number of methoxy groups -OCH3 is 2. The van der Waals surface area contributed by atoms with E-state index in [0.717, 1.165) is 111 Å². The maximum Gasteiger partial charge on any atom is 0.338 e. The molecule has 116 heavy (non-hydrogen) atoms. The van der Waals surface area contributed by atoms with Gasteiger partial charge in [-0.05, 0) is 24.3 Å². The van der Waals surface area contributed by atoms with Crippen LogP contribution in [0.25, 0.3) is 0 Å². The van der Waals surface area contributed by atoms with Gasteiger partial charge in [-0.1, -0.05) is 36.4 Å². The van der Waals surface area contributed by atoms with Gasteiger partial charge in [0.25, 0.3) is 0 Å². The van der Waals surface area contributed by atoms with Crippen LogP contribution in [0.4, 0.5) is 0 Å². The number of ether oxygens (including phenoxy) is 26. The second-order valence-electron chi connectivity index (χ2n) is 26.0. The lowest BCUT2D eigenvalue weighted by Crippen LogP contribution is -2.67. The molecule has 6 rings (SSSR count). The summed E-state index contributed by atoms with van der Waals surface area (Å²) in [6.07, 6.45) is -45.9. The highest BCUT2D eigenvalue weighted by molar-refractivity contribution is 5.90. The van der Waals surface area contributed by atoms with Crippen molar-refractivity contribution >= 4 is 95.5 Å². The van der Waals surface area contributed by atoms with Crippen LogP contribution >= 0.6 is 0 Å². The highest BCUT2D eigenvalue weighted by Crippen LogP contribution is 2.39. The van der Waals surface area contributed by atoms with E-state index in [2.05, 4.69) is 0 Å². The SMILES string of the molecule is CO[C@@H]([C@H](OC)[C@@H](CO[C@@H]1O[C@H](COC(C)=O)[C@@H](O[C@@H]2O[C@H](COC(C)=O)[C@H](OC(C)=O)[C@H](OC(C)=O)[C@H]2OC(C)=O)[C@H](OC(C)=O)[C@H]1OC(C)=O)OC(=O)c1ccccc1)[C@@H](CO[C@@H]1O[C@H](COC(C)=O)[C@@H](O[C@@H]2O[C@H](COC(C)=O)[C@H](OC(C)=O)[C@H](OC(C)=O)[C@H]2OC(C)=O)[C@H](OC(C)=O)[C@H]1OC(C)=O)OC(=O)c1ccccc1. The number of esters is 16. The second-order valence-corrected chi connectivity index (χ2v) is 26.0. The smallest absolute Gasteiger partial charge is 0.338 e.